The number of likely N-dealkylation sites (tertiary alicyclic amines) is 1. The summed E-state index contributed by atoms with van der Waals surface area (Å²) in [5.74, 6) is -1.53. The van der Waals surface area contributed by atoms with Crippen LogP contribution >= 0.6 is 0 Å². The number of carbonyl (C=O) groups excluding carboxylic acids is 2. The molecule has 0 aromatic heterocycles. The van der Waals surface area contributed by atoms with Crippen LogP contribution in [0.2, 0.25) is 0 Å². The van der Waals surface area contributed by atoms with E-state index in [1.54, 1.807) is 24.0 Å². The zero-order valence-electron chi connectivity index (χ0n) is 25.8. The van der Waals surface area contributed by atoms with Gasteiger partial charge in [-0.2, -0.15) is 0 Å². The fraction of sp³-hybridized carbons (Fsp3) is 0.444. The second kappa shape index (κ2) is 13.4. The Morgan fingerprint density at radius 2 is 1.57 bits per heavy atom. The van der Waals surface area contributed by atoms with E-state index in [4.69, 9.17) is 4.74 Å². The fourth-order valence-corrected chi connectivity index (χ4v) is 7.03. The van der Waals surface area contributed by atoms with Crippen LogP contribution in [0.15, 0.2) is 60.7 Å². The molecule has 232 valence electrons. The Kier molecular flexibility index (Phi) is 9.17. The summed E-state index contributed by atoms with van der Waals surface area (Å²) in [5, 5.41) is 6.78. The maximum Gasteiger partial charge on any atom is 0.257 e. The Hall–Kier alpha value is -3.91. The van der Waals surface area contributed by atoms with Crippen LogP contribution in [-0.4, -0.2) is 55.6 Å². The van der Waals surface area contributed by atoms with Crippen LogP contribution in [0.1, 0.15) is 71.6 Å². The predicted molar refractivity (Wildman–Crippen MR) is 173 cm³/mol. The minimum atomic E-state index is -0.537. The number of hydrogen-bond donors (Lipinski definition) is 2. The summed E-state index contributed by atoms with van der Waals surface area (Å²) < 4.78 is 20.5. The van der Waals surface area contributed by atoms with E-state index in [9.17, 15) is 9.59 Å². The number of aryl methyl sites for hydroxylation is 2. The summed E-state index contributed by atoms with van der Waals surface area (Å²) in [7, 11) is 0. The van der Waals surface area contributed by atoms with E-state index in [0.717, 1.165) is 61.8 Å². The van der Waals surface area contributed by atoms with E-state index >= 15 is 4.39 Å². The van der Waals surface area contributed by atoms with Crippen LogP contribution in [-0.2, 0) is 9.53 Å². The first kappa shape index (κ1) is 30.1. The molecule has 6 rings (SSSR count). The summed E-state index contributed by atoms with van der Waals surface area (Å²) in [6.45, 7) is 7.86. The van der Waals surface area contributed by atoms with Crippen LogP contribution in [0.25, 0.3) is 0 Å². The SMILES string of the molecule is Cc1ccc(NC(=O)[C@H]2CCCN(C(=O)c3c(C)cccc3F)C2c2ccc(NC3CCOCC3)cc2)cc1N1CCCC1. The Balaban J connectivity index is 1.30. The van der Waals surface area contributed by atoms with Gasteiger partial charge in [0.25, 0.3) is 5.91 Å². The van der Waals surface area contributed by atoms with Gasteiger partial charge in [0.15, 0.2) is 0 Å². The molecule has 0 radical (unpaired) electrons. The van der Waals surface area contributed by atoms with Crippen molar-refractivity contribution in [3.8, 4) is 0 Å². The third kappa shape index (κ3) is 6.46. The van der Waals surface area contributed by atoms with Gasteiger partial charge in [-0.1, -0.05) is 30.3 Å². The summed E-state index contributed by atoms with van der Waals surface area (Å²) >= 11 is 0. The van der Waals surface area contributed by atoms with Crippen molar-refractivity contribution in [2.75, 3.05) is 48.4 Å². The monoisotopic (exact) mass is 598 g/mol. The highest BCUT2D eigenvalue weighted by molar-refractivity contribution is 5.98. The Morgan fingerprint density at radius 1 is 0.841 bits per heavy atom. The first-order chi connectivity index (χ1) is 21.4. The van der Waals surface area contributed by atoms with Crippen molar-refractivity contribution in [1.82, 2.24) is 4.90 Å². The molecular formula is C36H43FN4O3. The second-order valence-corrected chi connectivity index (χ2v) is 12.5. The van der Waals surface area contributed by atoms with Crippen LogP contribution in [0.5, 0.6) is 0 Å². The molecule has 2 amide bonds. The van der Waals surface area contributed by atoms with Gasteiger partial charge >= 0.3 is 0 Å². The molecule has 0 bridgehead atoms. The average Bonchev–Trinajstić information content (AvgIpc) is 3.57. The minimum Gasteiger partial charge on any atom is -0.382 e. The lowest BCUT2D eigenvalue weighted by atomic mass is 9.83. The van der Waals surface area contributed by atoms with Crippen molar-refractivity contribution in [3.05, 3.63) is 88.7 Å². The molecule has 3 aromatic carbocycles. The van der Waals surface area contributed by atoms with Gasteiger partial charge in [-0.05, 0) is 99.4 Å². The van der Waals surface area contributed by atoms with Crippen molar-refractivity contribution >= 4 is 28.9 Å². The Labute approximate surface area is 259 Å². The minimum absolute atomic E-state index is 0.0742. The zero-order valence-corrected chi connectivity index (χ0v) is 25.8. The van der Waals surface area contributed by atoms with Gasteiger partial charge in [-0.25, -0.2) is 4.39 Å². The normalized spacial score (nSPS) is 20.9. The van der Waals surface area contributed by atoms with Crippen molar-refractivity contribution in [3.63, 3.8) is 0 Å². The lowest BCUT2D eigenvalue weighted by Gasteiger charge is -2.41. The van der Waals surface area contributed by atoms with Crippen molar-refractivity contribution in [2.24, 2.45) is 5.92 Å². The quantitative estimate of drug-likeness (QED) is 0.311. The van der Waals surface area contributed by atoms with E-state index in [2.05, 4.69) is 34.6 Å². The molecule has 2 atom stereocenters. The van der Waals surface area contributed by atoms with Crippen LogP contribution in [0, 0.1) is 25.6 Å². The van der Waals surface area contributed by atoms with Crippen LogP contribution in [0.3, 0.4) is 0 Å². The first-order valence-corrected chi connectivity index (χ1v) is 16.1. The smallest absolute Gasteiger partial charge is 0.257 e. The maximum absolute atomic E-state index is 15.1. The van der Waals surface area contributed by atoms with E-state index in [-0.39, 0.29) is 17.4 Å². The highest BCUT2D eigenvalue weighted by Gasteiger charge is 2.40. The Bertz CT molecular complexity index is 1460. The largest absolute Gasteiger partial charge is 0.382 e. The van der Waals surface area contributed by atoms with Gasteiger partial charge in [-0.3, -0.25) is 9.59 Å². The predicted octanol–water partition coefficient (Wildman–Crippen LogP) is 6.87. The molecule has 3 aliphatic heterocycles. The molecule has 7 nitrogen and oxygen atoms in total. The number of halogens is 1. The number of nitrogens with one attached hydrogen (secondary N) is 2. The molecule has 3 saturated heterocycles. The molecule has 8 heteroatoms. The molecule has 3 fully saturated rings. The van der Waals surface area contributed by atoms with Gasteiger partial charge < -0.3 is 25.2 Å². The van der Waals surface area contributed by atoms with Gasteiger partial charge in [0.1, 0.15) is 5.82 Å². The van der Waals surface area contributed by atoms with Gasteiger partial charge in [0.05, 0.1) is 17.5 Å². The molecule has 0 saturated carbocycles. The third-order valence-electron chi connectivity index (χ3n) is 9.43. The van der Waals surface area contributed by atoms with Crippen LogP contribution < -0.4 is 15.5 Å². The number of amides is 2. The first-order valence-electron chi connectivity index (χ1n) is 16.1. The molecule has 0 spiro atoms. The average molecular weight is 599 g/mol. The number of benzene rings is 3. The number of nitrogens with zero attached hydrogens (tertiary/aromatic N) is 2. The number of carbonyl (C=O) groups is 2. The van der Waals surface area contributed by atoms with E-state index in [1.807, 2.05) is 30.3 Å². The summed E-state index contributed by atoms with van der Waals surface area (Å²) in [6, 6.07) is 18.7. The van der Waals surface area contributed by atoms with Gasteiger partial charge in [0, 0.05) is 56.0 Å². The van der Waals surface area contributed by atoms with Crippen molar-refractivity contribution < 1.29 is 18.7 Å². The van der Waals surface area contributed by atoms with Crippen molar-refractivity contribution in [2.45, 2.75) is 64.5 Å². The van der Waals surface area contributed by atoms with E-state index < -0.39 is 17.8 Å². The lowest BCUT2D eigenvalue weighted by Crippen LogP contribution is -2.46. The summed E-state index contributed by atoms with van der Waals surface area (Å²) in [4.78, 5) is 32.2. The number of ether oxygens (including phenoxy) is 1. The molecule has 44 heavy (non-hydrogen) atoms. The third-order valence-corrected chi connectivity index (χ3v) is 9.43. The molecule has 3 aromatic rings. The molecular weight excluding hydrogens is 555 g/mol. The van der Waals surface area contributed by atoms with Crippen molar-refractivity contribution in [1.29, 1.82) is 0 Å². The highest BCUT2D eigenvalue weighted by atomic mass is 19.1. The topological polar surface area (TPSA) is 73.9 Å². The number of piperidine rings is 1. The lowest BCUT2D eigenvalue weighted by molar-refractivity contribution is -0.123. The maximum atomic E-state index is 15.1. The zero-order chi connectivity index (χ0) is 30.6. The summed E-state index contributed by atoms with van der Waals surface area (Å²) in [5.41, 5.74) is 5.62. The number of hydrogen-bond acceptors (Lipinski definition) is 5. The van der Waals surface area contributed by atoms with Gasteiger partial charge in [-0.15, -0.1) is 0 Å². The molecule has 2 N–H and O–H groups in total. The van der Waals surface area contributed by atoms with Crippen LogP contribution in [0.4, 0.5) is 21.5 Å². The second-order valence-electron chi connectivity index (χ2n) is 12.5. The number of anilines is 3. The van der Waals surface area contributed by atoms with E-state index in [0.29, 0.717) is 31.0 Å². The summed E-state index contributed by atoms with van der Waals surface area (Å²) in [6.07, 6.45) is 5.54. The highest BCUT2D eigenvalue weighted by Crippen LogP contribution is 2.39. The standard InChI is InChI=1S/C36H43FN4O3/c1-24-10-13-29(23-32(24)40-18-3-4-19-40)39-35(42)30-8-6-20-41(36(43)33-25(2)7-5-9-31(33)37)34(30)26-11-14-27(15-12-26)38-28-16-21-44-22-17-28/h5,7,9-15,23,28,30,34,38H,3-4,6,8,16-22H2,1-2H3,(H,39,42)/t30-,34?/m0/s1. The molecule has 3 aliphatic rings. The number of rotatable bonds is 7. The molecule has 0 aliphatic carbocycles. The van der Waals surface area contributed by atoms with E-state index in [1.165, 1.54) is 24.5 Å². The van der Waals surface area contributed by atoms with Gasteiger partial charge in [0.2, 0.25) is 5.91 Å². The molecule has 1 unspecified atom stereocenters. The molecule has 3 heterocycles. The Morgan fingerprint density at radius 3 is 2.30 bits per heavy atom. The fourth-order valence-electron chi connectivity index (χ4n) is 7.03.